The second kappa shape index (κ2) is 11.6. The van der Waals surface area contributed by atoms with Crippen molar-refractivity contribution in [3.63, 3.8) is 0 Å². The van der Waals surface area contributed by atoms with Crippen LogP contribution in [0.2, 0.25) is 0 Å². The Bertz CT molecular complexity index is 597. The molecule has 2 rings (SSSR count). The summed E-state index contributed by atoms with van der Waals surface area (Å²) in [6.45, 7) is 5.92. The fourth-order valence-electron chi connectivity index (χ4n) is 2.66. The number of rotatable bonds is 11. The van der Waals surface area contributed by atoms with Crippen molar-refractivity contribution in [2.45, 2.75) is 39.2 Å². The summed E-state index contributed by atoms with van der Waals surface area (Å²) in [7, 11) is 3.80. The molecule has 1 aliphatic carbocycles. The first-order chi connectivity index (χ1) is 13.1. The van der Waals surface area contributed by atoms with Crippen LogP contribution in [0.3, 0.4) is 0 Å². The van der Waals surface area contributed by atoms with Gasteiger partial charge in [-0.25, -0.2) is 0 Å². The number of nitrogens with one attached hydrogen (secondary N) is 2. The van der Waals surface area contributed by atoms with Gasteiger partial charge in [0, 0.05) is 45.9 Å². The van der Waals surface area contributed by atoms with Crippen molar-refractivity contribution < 1.29 is 9.53 Å². The Hall–Kier alpha value is -2.08. The van der Waals surface area contributed by atoms with Crippen molar-refractivity contribution in [3.8, 4) is 0 Å². The van der Waals surface area contributed by atoms with E-state index in [4.69, 9.17) is 4.74 Å². The summed E-state index contributed by atoms with van der Waals surface area (Å²) in [5, 5.41) is 6.29. The van der Waals surface area contributed by atoms with Gasteiger partial charge in [0.2, 0.25) is 0 Å². The SMILES string of the molecule is CCCCNC(=O)c1ccc(CNC(=NC)N(C)CCOCC2CC2)cc1. The zero-order valence-electron chi connectivity index (χ0n) is 17.0. The van der Waals surface area contributed by atoms with Crippen LogP contribution in [-0.4, -0.2) is 57.2 Å². The van der Waals surface area contributed by atoms with Gasteiger partial charge in [-0.15, -0.1) is 0 Å². The average Bonchev–Trinajstić information content (AvgIpc) is 3.51. The van der Waals surface area contributed by atoms with Gasteiger partial charge < -0.3 is 20.3 Å². The molecule has 1 aromatic rings. The molecule has 0 spiro atoms. The van der Waals surface area contributed by atoms with Gasteiger partial charge in [0.1, 0.15) is 0 Å². The monoisotopic (exact) mass is 374 g/mol. The summed E-state index contributed by atoms with van der Waals surface area (Å²) < 4.78 is 5.69. The zero-order chi connectivity index (χ0) is 19.5. The number of ether oxygens (including phenoxy) is 1. The molecular weight excluding hydrogens is 340 g/mol. The Morgan fingerprint density at radius 3 is 2.63 bits per heavy atom. The van der Waals surface area contributed by atoms with Gasteiger partial charge >= 0.3 is 0 Å². The minimum atomic E-state index is -0.00954. The minimum absolute atomic E-state index is 0.00954. The fraction of sp³-hybridized carbons (Fsp3) is 0.619. The molecule has 0 aliphatic heterocycles. The van der Waals surface area contributed by atoms with E-state index in [-0.39, 0.29) is 5.91 Å². The first-order valence-electron chi connectivity index (χ1n) is 10.0. The van der Waals surface area contributed by atoms with Crippen molar-refractivity contribution in [1.82, 2.24) is 15.5 Å². The fourth-order valence-corrected chi connectivity index (χ4v) is 2.66. The van der Waals surface area contributed by atoms with Crippen LogP contribution in [0, 0.1) is 5.92 Å². The van der Waals surface area contributed by atoms with Crippen molar-refractivity contribution in [3.05, 3.63) is 35.4 Å². The largest absolute Gasteiger partial charge is 0.379 e. The van der Waals surface area contributed by atoms with E-state index in [0.29, 0.717) is 12.1 Å². The third kappa shape index (κ3) is 7.99. The van der Waals surface area contributed by atoms with Gasteiger partial charge in [-0.3, -0.25) is 9.79 Å². The molecule has 6 heteroatoms. The average molecular weight is 375 g/mol. The van der Waals surface area contributed by atoms with E-state index in [0.717, 1.165) is 56.6 Å². The number of hydrogen-bond acceptors (Lipinski definition) is 3. The molecule has 0 saturated heterocycles. The number of benzene rings is 1. The van der Waals surface area contributed by atoms with E-state index in [1.54, 1.807) is 7.05 Å². The summed E-state index contributed by atoms with van der Waals surface area (Å²) in [5.41, 5.74) is 1.81. The molecular formula is C21H34N4O2. The van der Waals surface area contributed by atoms with E-state index >= 15 is 0 Å². The quantitative estimate of drug-likeness (QED) is 0.355. The van der Waals surface area contributed by atoms with Crippen molar-refractivity contribution in [2.75, 3.05) is 40.4 Å². The van der Waals surface area contributed by atoms with E-state index in [2.05, 4.69) is 27.4 Å². The van der Waals surface area contributed by atoms with Crippen molar-refractivity contribution in [2.24, 2.45) is 10.9 Å². The number of guanidine groups is 1. The summed E-state index contributed by atoms with van der Waals surface area (Å²) in [6.07, 6.45) is 4.72. The van der Waals surface area contributed by atoms with E-state index in [9.17, 15) is 4.79 Å². The molecule has 1 amide bonds. The van der Waals surface area contributed by atoms with Gasteiger partial charge in [0.05, 0.1) is 6.61 Å². The molecule has 0 radical (unpaired) electrons. The molecule has 1 saturated carbocycles. The standard InChI is InChI=1S/C21H34N4O2/c1-4-5-12-23-20(26)19-10-8-17(9-11-19)15-24-21(22-2)25(3)13-14-27-16-18-6-7-18/h8-11,18H,4-7,12-16H2,1-3H3,(H,22,24)(H,23,26). The van der Waals surface area contributed by atoms with Gasteiger partial charge in [0.25, 0.3) is 5.91 Å². The minimum Gasteiger partial charge on any atom is -0.379 e. The smallest absolute Gasteiger partial charge is 0.251 e. The number of nitrogens with zero attached hydrogens (tertiary/aromatic N) is 2. The predicted octanol–water partition coefficient (Wildman–Crippen LogP) is 2.65. The molecule has 0 heterocycles. The molecule has 150 valence electrons. The van der Waals surface area contributed by atoms with Gasteiger partial charge in [0.15, 0.2) is 5.96 Å². The lowest BCUT2D eigenvalue weighted by molar-refractivity contribution is 0.0953. The molecule has 27 heavy (non-hydrogen) atoms. The second-order valence-electron chi connectivity index (χ2n) is 7.15. The van der Waals surface area contributed by atoms with Crippen LogP contribution in [-0.2, 0) is 11.3 Å². The van der Waals surface area contributed by atoms with E-state index in [1.165, 1.54) is 12.8 Å². The highest BCUT2D eigenvalue weighted by molar-refractivity contribution is 5.94. The topological polar surface area (TPSA) is 66.0 Å². The Labute approximate surface area is 163 Å². The molecule has 1 fully saturated rings. The number of carbonyl (C=O) groups excluding carboxylic acids is 1. The Morgan fingerprint density at radius 2 is 2.00 bits per heavy atom. The van der Waals surface area contributed by atoms with Crippen LogP contribution in [0.25, 0.3) is 0 Å². The lowest BCUT2D eigenvalue weighted by atomic mass is 10.1. The first kappa shape index (κ1) is 21.2. The number of amides is 1. The molecule has 0 bridgehead atoms. The van der Waals surface area contributed by atoms with Crippen LogP contribution >= 0.6 is 0 Å². The van der Waals surface area contributed by atoms with E-state index < -0.39 is 0 Å². The van der Waals surface area contributed by atoms with Crippen LogP contribution in [0.5, 0.6) is 0 Å². The highest BCUT2D eigenvalue weighted by Crippen LogP contribution is 2.28. The molecule has 6 nitrogen and oxygen atoms in total. The molecule has 2 N–H and O–H groups in total. The second-order valence-corrected chi connectivity index (χ2v) is 7.15. The van der Waals surface area contributed by atoms with Crippen LogP contribution < -0.4 is 10.6 Å². The van der Waals surface area contributed by atoms with Crippen LogP contribution in [0.1, 0.15) is 48.5 Å². The zero-order valence-corrected chi connectivity index (χ0v) is 17.0. The molecule has 0 aromatic heterocycles. The molecule has 1 aromatic carbocycles. The maximum Gasteiger partial charge on any atom is 0.251 e. The first-order valence-corrected chi connectivity index (χ1v) is 10.0. The summed E-state index contributed by atoms with van der Waals surface area (Å²) >= 11 is 0. The molecule has 1 aliphatic rings. The number of unbranched alkanes of at least 4 members (excludes halogenated alkanes) is 1. The normalized spacial score (nSPS) is 14.1. The van der Waals surface area contributed by atoms with Gasteiger partial charge in [-0.05, 0) is 42.9 Å². The number of aliphatic imine (C=N–C) groups is 1. The van der Waals surface area contributed by atoms with Gasteiger partial charge in [-0.1, -0.05) is 25.5 Å². The van der Waals surface area contributed by atoms with Gasteiger partial charge in [-0.2, -0.15) is 0 Å². The third-order valence-corrected chi connectivity index (χ3v) is 4.68. The summed E-state index contributed by atoms with van der Waals surface area (Å²) in [5.74, 6) is 1.63. The highest BCUT2D eigenvalue weighted by atomic mass is 16.5. The third-order valence-electron chi connectivity index (χ3n) is 4.68. The summed E-state index contributed by atoms with van der Waals surface area (Å²) in [4.78, 5) is 18.4. The Morgan fingerprint density at radius 1 is 1.26 bits per heavy atom. The lowest BCUT2D eigenvalue weighted by Crippen LogP contribution is -2.40. The molecule has 0 atom stereocenters. The Balaban J connectivity index is 1.71. The maximum absolute atomic E-state index is 12.0. The van der Waals surface area contributed by atoms with Crippen LogP contribution in [0.4, 0.5) is 0 Å². The van der Waals surface area contributed by atoms with E-state index in [1.807, 2.05) is 31.3 Å². The highest BCUT2D eigenvalue weighted by Gasteiger charge is 2.21. The predicted molar refractivity (Wildman–Crippen MR) is 110 cm³/mol. The lowest BCUT2D eigenvalue weighted by Gasteiger charge is -2.22. The summed E-state index contributed by atoms with van der Waals surface area (Å²) in [6, 6.07) is 7.70. The molecule has 0 unspecified atom stereocenters. The van der Waals surface area contributed by atoms with Crippen molar-refractivity contribution in [1.29, 1.82) is 0 Å². The van der Waals surface area contributed by atoms with Crippen LogP contribution in [0.15, 0.2) is 29.3 Å². The maximum atomic E-state index is 12.0. The number of likely N-dealkylation sites (N-methyl/N-ethyl adjacent to an activating group) is 1. The van der Waals surface area contributed by atoms with Crippen molar-refractivity contribution >= 4 is 11.9 Å². The number of carbonyl (C=O) groups is 1. The Kier molecular flexibility index (Phi) is 9.11. The number of hydrogen-bond donors (Lipinski definition) is 2.